The molecule has 12 nitrogen and oxygen atoms in total. The van der Waals surface area contributed by atoms with Crippen LogP contribution in [0.3, 0.4) is 0 Å². The van der Waals surface area contributed by atoms with E-state index in [2.05, 4.69) is 105 Å². The number of nitrogens with zero attached hydrogens (tertiary/aromatic N) is 3. The Balaban J connectivity index is 0.000000506. The maximum Gasteiger partial charge on any atom is 0.338 e. The van der Waals surface area contributed by atoms with E-state index in [1.165, 1.54) is 5.56 Å². The number of likely N-dealkylation sites (N-methyl/N-ethyl adjacent to an activating group) is 3. The molecule has 0 saturated carbocycles. The molecule has 4 N–H and O–H groups in total. The average Bonchev–Trinajstić information content (AvgIpc) is 3.28. The Kier molecular flexibility index (Phi) is 29.0. The molecule has 0 heterocycles. The van der Waals surface area contributed by atoms with Crippen LogP contribution in [0.25, 0.3) is 0 Å². The molecule has 0 spiro atoms. The third-order valence-corrected chi connectivity index (χ3v) is 12.3. The Morgan fingerprint density at radius 1 is 0.522 bits per heavy atom. The Hall–Kier alpha value is -4.65. The lowest BCUT2D eigenvalue weighted by Crippen LogP contribution is -2.42. The van der Waals surface area contributed by atoms with Crippen molar-refractivity contribution in [1.29, 1.82) is 0 Å². The summed E-state index contributed by atoms with van der Waals surface area (Å²) in [6, 6.07) is 16.7. The van der Waals surface area contributed by atoms with Crippen LogP contribution in [-0.4, -0.2) is 116 Å². The normalized spacial score (nSPS) is 12.6. The number of unbranched alkanes of at least 4 members (excludes halogenated alkanes) is 1. The van der Waals surface area contributed by atoms with Crippen LogP contribution in [0.5, 0.6) is 5.75 Å². The summed E-state index contributed by atoms with van der Waals surface area (Å²) in [5.41, 5.74) is 17.6. The zero-order chi connectivity index (χ0) is 50.8. The third-order valence-electron chi connectivity index (χ3n) is 12.3. The van der Waals surface area contributed by atoms with Gasteiger partial charge in [0.2, 0.25) is 0 Å². The van der Waals surface area contributed by atoms with Gasteiger partial charge in [-0.05, 0) is 138 Å². The fourth-order valence-electron chi connectivity index (χ4n) is 8.19. The van der Waals surface area contributed by atoms with Crippen molar-refractivity contribution in [2.24, 2.45) is 17.8 Å². The fraction of sp³-hybridized carbons (Fsp3) is 0.618. The van der Waals surface area contributed by atoms with Gasteiger partial charge in [0.25, 0.3) is 0 Å². The predicted octanol–water partition coefficient (Wildman–Crippen LogP) is 10.9. The van der Waals surface area contributed by atoms with Crippen LogP contribution in [0.4, 0.5) is 11.4 Å². The molecule has 0 amide bonds. The Bertz CT molecular complexity index is 1850. The SMILES string of the molecule is CCCCOc1cc(C(=O)OC[C@H](C(C)C)N(CC)CC)ccc1N.CCN(CC)[C@H](COC(=O)c1c(C)cc(C)cc1C)C(C)C.CCN(CC)[C@H](COC(=O)c1ccc(N)cc1)C(C)C. The highest BCUT2D eigenvalue weighted by atomic mass is 16.5. The van der Waals surface area contributed by atoms with Crippen molar-refractivity contribution in [3.8, 4) is 5.75 Å². The van der Waals surface area contributed by atoms with E-state index in [-0.39, 0.29) is 36.0 Å². The van der Waals surface area contributed by atoms with Crippen molar-refractivity contribution in [2.45, 2.75) is 142 Å². The lowest BCUT2D eigenvalue weighted by molar-refractivity contribution is 0.0282. The number of anilines is 2. The second kappa shape index (κ2) is 32.2. The van der Waals surface area contributed by atoms with Crippen LogP contribution >= 0.6 is 0 Å². The zero-order valence-electron chi connectivity index (χ0n) is 44.5. The molecule has 3 rings (SSSR count). The minimum absolute atomic E-state index is 0.201. The smallest absolute Gasteiger partial charge is 0.338 e. The fourth-order valence-corrected chi connectivity index (χ4v) is 8.19. The summed E-state index contributed by atoms with van der Waals surface area (Å²) in [5, 5.41) is 0. The molecule has 0 bridgehead atoms. The highest BCUT2D eigenvalue weighted by Crippen LogP contribution is 2.24. The molecule has 0 fully saturated rings. The van der Waals surface area contributed by atoms with Gasteiger partial charge in [-0.15, -0.1) is 0 Å². The van der Waals surface area contributed by atoms with Gasteiger partial charge in [-0.2, -0.15) is 0 Å². The molecule has 378 valence electrons. The topological polar surface area (TPSA) is 150 Å². The molecule has 0 saturated heterocycles. The molecule has 67 heavy (non-hydrogen) atoms. The molecule has 0 aliphatic heterocycles. The van der Waals surface area contributed by atoms with E-state index < -0.39 is 0 Å². The van der Waals surface area contributed by atoms with E-state index in [4.69, 9.17) is 30.4 Å². The highest BCUT2D eigenvalue weighted by Gasteiger charge is 2.25. The van der Waals surface area contributed by atoms with Crippen molar-refractivity contribution < 1.29 is 33.3 Å². The minimum Gasteiger partial charge on any atom is -0.491 e. The molecule has 3 aromatic rings. The number of benzene rings is 3. The van der Waals surface area contributed by atoms with Gasteiger partial charge in [0.15, 0.2) is 0 Å². The number of aryl methyl sites for hydroxylation is 3. The van der Waals surface area contributed by atoms with E-state index >= 15 is 0 Å². The summed E-state index contributed by atoms with van der Waals surface area (Å²) < 4.78 is 22.4. The van der Waals surface area contributed by atoms with Crippen LogP contribution in [0.2, 0.25) is 0 Å². The number of carbonyl (C=O) groups is 3. The Morgan fingerprint density at radius 2 is 0.896 bits per heavy atom. The standard InChI is InChI=1S/C20H34N2O3.C19H31NO2.C16H26N2O2/c1-6-9-12-24-19-13-16(10-11-17(19)21)20(23)25-14-18(15(4)5)22(7-2)8-3;1-8-20(9-2)17(13(3)4)12-22-19(21)18-15(6)10-14(5)11-16(18)7;1-5-18(6-2)15(12(3)4)11-20-16(19)13-7-9-14(17)10-8-13/h10-11,13,15,18H,6-9,12,14,21H2,1-5H3;10-11,13,17H,8-9,12H2,1-7H3;7-10,12,15H,5-6,11,17H2,1-4H3/t18-;17-;15-/m111/s1. The summed E-state index contributed by atoms with van der Waals surface area (Å²) in [5.74, 6) is 1.02. The highest BCUT2D eigenvalue weighted by molar-refractivity contribution is 5.93. The average molecular weight is 934 g/mol. The lowest BCUT2D eigenvalue weighted by Gasteiger charge is -2.32. The number of nitrogen functional groups attached to an aromatic ring is 2. The van der Waals surface area contributed by atoms with Gasteiger partial charge < -0.3 is 30.4 Å². The van der Waals surface area contributed by atoms with Crippen molar-refractivity contribution in [2.75, 3.05) is 77.2 Å². The number of nitrogens with two attached hydrogens (primary N) is 2. The number of hydrogen-bond donors (Lipinski definition) is 2. The first-order valence-electron chi connectivity index (χ1n) is 24.9. The van der Waals surface area contributed by atoms with Crippen molar-refractivity contribution in [3.63, 3.8) is 0 Å². The number of hydrogen-bond acceptors (Lipinski definition) is 12. The summed E-state index contributed by atoms with van der Waals surface area (Å²) in [7, 11) is 0. The van der Waals surface area contributed by atoms with Crippen LogP contribution < -0.4 is 16.2 Å². The van der Waals surface area contributed by atoms with Gasteiger partial charge in [0, 0.05) is 23.8 Å². The van der Waals surface area contributed by atoms with E-state index in [9.17, 15) is 14.4 Å². The molecule has 0 aromatic heterocycles. The van der Waals surface area contributed by atoms with Crippen LogP contribution in [0.15, 0.2) is 54.6 Å². The molecule has 12 heteroatoms. The molecule has 3 aromatic carbocycles. The summed E-state index contributed by atoms with van der Waals surface area (Å²) in [6.07, 6.45) is 2.00. The summed E-state index contributed by atoms with van der Waals surface area (Å²) >= 11 is 0. The van der Waals surface area contributed by atoms with E-state index in [1.54, 1.807) is 42.5 Å². The lowest BCUT2D eigenvalue weighted by atomic mass is 10.00. The molecular formula is C55H91N5O7. The van der Waals surface area contributed by atoms with Crippen molar-refractivity contribution in [1.82, 2.24) is 14.7 Å². The third kappa shape index (κ3) is 20.6. The van der Waals surface area contributed by atoms with Crippen LogP contribution in [-0.2, 0) is 14.2 Å². The maximum atomic E-state index is 12.5. The minimum atomic E-state index is -0.335. The second-order valence-corrected chi connectivity index (χ2v) is 18.2. The maximum absolute atomic E-state index is 12.5. The summed E-state index contributed by atoms with van der Waals surface area (Å²) in [4.78, 5) is 43.9. The number of esters is 3. The largest absolute Gasteiger partial charge is 0.491 e. The van der Waals surface area contributed by atoms with Gasteiger partial charge in [-0.1, -0.05) is 114 Å². The van der Waals surface area contributed by atoms with Crippen molar-refractivity contribution >= 4 is 29.3 Å². The predicted molar refractivity (Wildman–Crippen MR) is 278 cm³/mol. The van der Waals surface area contributed by atoms with Gasteiger partial charge in [-0.3, -0.25) is 14.7 Å². The van der Waals surface area contributed by atoms with Gasteiger partial charge >= 0.3 is 17.9 Å². The molecule has 0 unspecified atom stereocenters. The van der Waals surface area contributed by atoms with E-state index in [1.807, 2.05) is 32.9 Å². The van der Waals surface area contributed by atoms with Gasteiger partial charge in [0.1, 0.15) is 25.6 Å². The Morgan fingerprint density at radius 3 is 1.27 bits per heavy atom. The van der Waals surface area contributed by atoms with Crippen molar-refractivity contribution in [3.05, 3.63) is 88.0 Å². The van der Waals surface area contributed by atoms with E-state index in [0.717, 1.165) is 63.2 Å². The monoisotopic (exact) mass is 934 g/mol. The van der Waals surface area contributed by atoms with Crippen LogP contribution in [0.1, 0.15) is 151 Å². The molecule has 3 atom stereocenters. The second-order valence-electron chi connectivity index (χ2n) is 18.2. The number of carbonyl (C=O) groups excluding carboxylic acids is 3. The molecular weight excluding hydrogens is 843 g/mol. The first kappa shape index (κ1) is 60.4. The number of ether oxygens (including phenoxy) is 4. The van der Waals surface area contributed by atoms with Gasteiger partial charge in [-0.25, -0.2) is 14.4 Å². The summed E-state index contributed by atoms with van der Waals surface area (Å²) in [6.45, 7) is 41.4. The quantitative estimate of drug-likeness (QED) is 0.0360. The van der Waals surface area contributed by atoms with E-state index in [0.29, 0.717) is 78.0 Å². The zero-order valence-corrected chi connectivity index (χ0v) is 44.5. The first-order valence-corrected chi connectivity index (χ1v) is 24.9. The van der Waals surface area contributed by atoms with Crippen LogP contribution in [0, 0.1) is 38.5 Å². The first-order chi connectivity index (χ1) is 31.7. The molecule has 0 aliphatic carbocycles. The van der Waals surface area contributed by atoms with Gasteiger partial charge in [0.05, 0.1) is 29.0 Å². The molecule has 0 radical (unpaired) electrons. The number of rotatable bonds is 25. The Labute approximate surface area is 406 Å². The molecule has 0 aliphatic rings.